The summed E-state index contributed by atoms with van der Waals surface area (Å²) in [5.74, 6) is 0.711. The SMILES string of the molecule is CCCn1ccnc1CNc1c(C)cccc1F. The molecule has 1 heterocycles. The Hall–Kier alpha value is -1.84. The van der Waals surface area contributed by atoms with Crippen LogP contribution in [0.15, 0.2) is 30.6 Å². The maximum atomic E-state index is 13.6. The summed E-state index contributed by atoms with van der Waals surface area (Å²) in [6, 6.07) is 5.08. The number of halogens is 1. The summed E-state index contributed by atoms with van der Waals surface area (Å²) in [7, 11) is 0. The molecule has 0 spiro atoms. The van der Waals surface area contributed by atoms with Gasteiger partial charge in [-0.1, -0.05) is 19.1 Å². The largest absolute Gasteiger partial charge is 0.375 e. The number of nitrogens with zero attached hydrogens (tertiary/aromatic N) is 2. The van der Waals surface area contributed by atoms with E-state index >= 15 is 0 Å². The first-order valence-electron chi connectivity index (χ1n) is 6.21. The molecule has 0 aliphatic heterocycles. The van der Waals surface area contributed by atoms with Crippen molar-refractivity contribution < 1.29 is 4.39 Å². The normalized spacial score (nSPS) is 10.6. The second kappa shape index (κ2) is 5.67. The molecule has 0 fully saturated rings. The van der Waals surface area contributed by atoms with E-state index in [0.717, 1.165) is 24.4 Å². The molecule has 0 unspecified atom stereocenters. The van der Waals surface area contributed by atoms with Gasteiger partial charge in [0, 0.05) is 18.9 Å². The first-order valence-corrected chi connectivity index (χ1v) is 6.21. The van der Waals surface area contributed by atoms with E-state index in [1.807, 2.05) is 19.2 Å². The van der Waals surface area contributed by atoms with Gasteiger partial charge in [-0.05, 0) is 25.0 Å². The van der Waals surface area contributed by atoms with Crippen molar-refractivity contribution in [1.82, 2.24) is 9.55 Å². The maximum absolute atomic E-state index is 13.6. The van der Waals surface area contributed by atoms with Crippen molar-refractivity contribution in [2.24, 2.45) is 0 Å². The highest BCUT2D eigenvalue weighted by molar-refractivity contribution is 5.51. The van der Waals surface area contributed by atoms with Crippen LogP contribution in [0.3, 0.4) is 0 Å². The van der Waals surface area contributed by atoms with Gasteiger partial charge in [0.15, 0.2) is 0 Å². The van der Waals surface area contributed by atoms with Crippen molar-refractivity contribution in [3.8, 4) is 0 Å². The molecule has 1 N–H and O–H groups in total. The van der Waals surface area contributed by atoms with Crippen LogP contribution >= 0.6 is 0 Å². The lowest BCUT2D eigenvalue weighted by Gasteiger charge is -2.11. The Bertz CT molecular complexity index is 499. The minimum absolute atomic E-state index is 0.219. The Morgan fingerprint density at radius 2 is 2.22 bits per heavy atom. The Balaban J connectivity index is 2.09. The maximum Gasteiger partial charge on any atom is 0.146 e. The number of nitrogens with one attached hydrogen (secondary N) is 1. The monoisotopic (exact) mass is 247 g/mol. The van der Waals surface area contributed by atoms with Crippen LogP contribution in [0, 0.1) is 12.7 Å². The molecule has 0 atom stereocenters. The fourth-order valence-corrected chi connectivity index (χ4v) is 1.97. The number of hydrogen-bond donors (Lipinski definition) is 1. The van der Waals surface area contributed by atoms with Crippen molar-refractivity contribution in [2.45, 2.75) is 33.4 Å². The first kappa shape index (κ1) is 12.6. The standard InChI is InChI=1S/C14H18FN3/c1-3-8-18-9-7-16-13(18)10-17-14-11(2)5-4-6-12(14)15/h4-7,9,17H,3,8,10H2,1-2H3. The summed E-state index contributed by atoms with van der Waals surface area (Å²) in [4.78, 5) is 4.29. The number of benzene rings is 1. The number of para-hydroxylation sites is 1. The number of aromatic nitrogens is 2. The molecule has 18 heavy (non-hydrogen) atoms. The fourth-order valence-electron chi connectivity index (χ4n) is 1.97. The van der Waals surface area contributed by atoms with Gasteiger partial charge in [0.2, 0.25) is 0 Å². The molecule has 0 aliphatic rings. The van der Waals surface area contributed by atoms with Gasteiger partial charge in [0.1, 0.15) is 11.6 Å². The molecule has 0 saturated heterocycles. The van der Waals surface area contributed by atoms with Gasteiger partial charge in [-0.3, -0.25) is 0 Å². The van der Waals surface area contributed by atoms with Crippen LogP contribution in [0.4, 0.5) is 10.1 Å². The smallest absolute Gasteiger partial charge is 0.146 e. The molecule has 96 valence electrons. The van der Waals surface area contributed by atoms with Crippen LogP contribution in [0.1, 0.15) is 24.7 Å². The van der Waals surface area contributed by atoms with Gasteiger partial charge in [-0.15, -0.1) is 0 Å². The zero-order chi connectivity index (χ0) is 13.0. The van der Waals surface area contributed by atoms with Crippen LogP contribution in [-0.4, -0.2) is 9.55 Å². The summed E-state index contributed by atoms with van der Waals surface area (Å²) in [5, 5.41) is 3.12. The van der Waals surface area contributed by atoms with Gasteiger partial charge in [0.05, 0.1) is 12.2 Å². The van der Waals surface area contributed by atoms with Gasteiger partial charge in [0.25, 0.3) is 0 Å². The van der Waals surface area contributed by atoms with Gasteiger partial charge < -0.3 is 9.88 Å². The van der Waals surface area contributed by atoms with Crippen LogP contribution in [0.2, 0.25) is 0 Å². The van der Waals surface area contributed by atoms with E-state index in [9.17, 15) is 4.39 Å². The quantitative estimate of drug-likeness (QED) is 0.878. The van der Waals surface area contributed by atoms with Gasteiger partial charge in [-0.25, -0.2) is 9.37 Å². The Labute approximate surface area is 107 Å². The summed E-state index contributed by atoms with van der Waals surface area (Å²) >= 11 is 0. The minimum atomic E-state index is -0.219. The van der Waals surface area contributed by atoms with Crippen LogP contribution < -0.4 is 5.32 Å². The third-order valence-corrected chi connectivity index (χ3v) is 2.91. The van der Waals surface area contributed by atoms with E-state index in [0.29, 0.717) is 12.2 Å². The second-order valence-corrected chi connectivity index (χ2v) is 4.32. The summed E-state index contributed by atoms with van der Waals surface area (Å²) in [5.41, 5.74) is 1.46. The molecule has 2 aromatic rings. The molecule has 0 saturated carbocycles. The number of rotatable bonds is 5. The molecule has 4 heteroatoms. The van der Waals surface area contributed by atoms with Crippen molar-refractivity contribution in [3.63, 3.8) is 0 Å². The summed E-state index contributed by atoms with van der Waals surface area (Å²) in [6.07, 6.45) is 4.79. The fraction of sp³-hybridized carbons (Fsp3) is 0.357. The lowest BCUT2D eigenvalue weighted by molar-refractivity contribution is 0.623. The zero-order valence-corrected chi connectivity index (χ0v) is 10.8. The first-order chi connectivity index (χ1) is 8.72. The third kappa shape index (κ3) is 2.70. The van der Waals surface area contributed by atoms with E-state index in [2.05, 4.69) is 21.8 Å². The molecule has 1 aromatic heterocycles. The lowest BCUT2D eigenvalue weighted by Crippen LogP contribution is -2.10. The van der Waals surface area contributed by atoms with Gasteiger partial charge >= 0.3 is 0 Å². The van der Waals surface area contributed by atoms with E-state index in [-0.39, 0.29) is 5.82 Å². The Kier molecular flexibility index (Phi) is 3.97. The van der Waals surface area contributed by atoms with Crippen molar-refractivity contribution in [1.29, 1.82) is 0 Å². The van der Waals surface area contributed by atoms with Crippen molar-refractivity contribution in [2.75, 3.05) is 5.32 Å². The Morgan fingerprint density at radius 3 is 2.94 bits per heavy atom. The molecule has 0 aliphatic carbocycles. The predicted molar refractivity (Wildman–Crippen MR) is 71.0 cm³/mol. The van der Waals surface area contributed by atoms with Crippen LogP contribution in [0.25, 0.3) is 0 Å². The molecule has 2 rings (SSSR count). The number of imidazole rings is 1. The Morgan fingerprint density at radius 1 is 1.39 bits per heavy atom. The van der Waals surface area contributed by atoms with Crippen LogP contribution in [-0.2, 0) is 13.1 Å². The van der Waals surface area contributed by atoms with E-state index < -0.39 is 0 Å². The molecule has 0 radical (unpaired) electrons. The zero-order valence-electron chi connectivity index (χ0n) is 10.8. The van der Waals surface area contributed by atoms with Crippen molar-refractivity contribution in [3.05, 3.63) is 47.8 Å². The van der Waals surface area contributed by atoms with E-state index in [1.165, 1.54) is 6.07 Å². The summed E-state index contributed by atoms with van der Waals surface area (Å²) < 4.78 is 15.7. The highest BCUT2D eigenvalue weighted by atomic mass is 19.1. The molecule has 0 amide bonds. The second-order valence-electron chi connectivity index (χ2n) is 4.32. The molecule has 1 aromatic carbocycles. The molecular weight excluding hydrogens is 229 g/mol. The third-order valence-electron chi connectivity index (χ3n) is 2.91. The number of hydrogen-bond acceptors (Lipinski definition) is 2. The average Bonchev–Trinajstić information content (AvgIpc) is 2.77. The summed E-state index contributed by atoms with van der Waals surface area (Å²) in [6.45, 7) is 5.49. The lowest BCUT2D eigenvalue weighted by atomic mass is 10.2. The molecule has 3 nitrogen and oxygen atoms in total. The minimum Gasteiger partial charge on any atom is -0.375 e. The number of aryl methyl sites for hydroxylation is 2. The van der Waals surface area contributed by atoms with Crippen LogP contribution in [0.5, 0.6) is 0 Å². The average molecular weight is 247 g/mol. The van der Waals surface area contributed by atoms with Crippen molar-refractivity contribution >= 4 is 5.69 Å². The van der Waals surface area contributed by atoms with E-state index in [4.69, 9.17) is 0 Å². The van der Waals surface area contributed by atoms with Gasteiger partial charge in [-0.2, -0.15) is 0 Å². The molecular formula is C14H18FN3. The highest BCUT2D eigenvalue weighted by Crippen LogP contribution is 2.19. The predicted octanol–water partition coefficient (Wildman–Crippen LogP) is 3.35. The van der Waals surface area contributed by atoms with E-state index in [1.54, 1.807) is 12.3 Å². The number of anilines is 1. The molecule has 0 bridgehead atoms. The highest BCUT2D eigenvalue weighted by Gasteiger charge is 2.06. The topological polar surface area (TPSA) is 29.9 Å².